The van der Waals surface area contributed by atoms with Gasteiger partial charge in [0.15, 0.2) is 12.4 Å². The minimum atomic E-state index is -0.434. The fourth-order valence-electron chi connectivity index (χ4n) is 3.18. The minimum Gasteiger partial charge on any atom is -0.457 e. The second kappa shape index (κ2) is 18.0. The second-order valence-electron chi connectivity index (χ2n) is 7.62. The summed E-state index contributed by atoms with van der Waals surface area (Å²) in [5.74, 6) is 5.26. The molecule has 0 aliphatic carbocycles. The zero-order valence-corrected chi connectivity index (χ0v) is 18.2. The van der Waals surface area contributed by atoms with Crippen LogP contribution in [0.4, 0.5) is 0 Å². The standard InChI is InChI=1S/C26H38O3/c1-2-3-4-5-6-7-8-9-10-11-12-13-14-15-19-22-26(28)29-23-25(27)24-20-17-16-18-21-24/h16-18,20-21H,2-14,22-23H2,1H3. The van der Waals surface area contributed by atoms with Crippen LogP contribution in [0.15, 0.2) is 30.3 Å². The van der Waals surface area contributed by atoms with Gasteiger partial charge in [-0.3, -0.25) is 9.59 Å². The minimum absolute atomic E-state index is 0.0559. The van der Waals surface area contributed by atoms with E-state index in [1.165, 1.54) is 70.6 Å². The molecule has 0 aliphatic heterocycles. The van der Waals surface area contributed by atoms with Crippen LogP contribution in [-0.2, 0) is 9.53 Å². The van der Waals surface area contributed by atoms with Crippen LogP contribution in [0.3, 0.4) is 0 Å². The van der Waals surface area contributed by atoms with Gasteiger partial charge in [-0.1, -0.05) is 114 Å². The summed E-state index contributed by atoms with van der Waals surface area (Å²) >= 11 is 0. The molecule has 0 saturated heterocycles. The summed E-state index contributed by atoms with van der Waals surface area (Å²) in [7, 11) is 0. The quantitative estimate of drug-likeness (QED) is 0.132. The zero-order valence-electron chi connectivity index (χ0n) is 18.2. The van der Waals surface area contributed by atoms with Gasteiger partial charge in [-0.15, -0.1) is 5.92 Å². The van der Waals surface area contributed by atoms with Crippen molar-refractivity contribution in [2.24, 2.45) is 0 Å². The maximum atomic E-state index is 11.8. The van der Waals surface area contributed by atoms with E-state index in [4.69, 9.17) is 4.74 Å². The van der Waals surface area contributed by atoms with E-state index in [2.05, 4.69) is 18.8 Å². The summed E-state index contributed by atoms with van der Waals surface area (Å²) in [6, 6.07) is 8.84. The van der Waals surface area contributed by atoms with Gasteiger partial charge in [0.2, 0.25) is 0 Å². The third kappa shape index (κ3) is 14.6. The molecule has 160 valence electrons. The monoisotopic (exact) mass is 398 g/mol. The molecule has 3 heteroatoms. The first kappa shape index (κ1) is 25.0. The van der Waals surface area contributed by atoms with E-state index >= 15 is 0 Å². The third-order valence-electron chi connectivity index (χ3n) is 4.97. The van der Waals surface area contributed by atoms with Gasteiger partial charge < -0.3 is 4.74 Å². The lowest BCUT2D eigenvalue weighted by atomic mass is 10.0. The highest BCUT2D eigenvalue weighted by Gasteiger charge is 2.08. The van der Waals surface area contributed by atoms with E-state index in [9.17, 15) is 9.59 Å². The van der Waals surface area contributed by atoms with Crippen molar-refractivity contribution < 1.29 is 14.3 Å². The Labute approximate surface area is 177 Å². The Bertz CT molecular complexity index is 610. The van der Waals surface area contributed by atoms with Crippen LogP contribution in [0.2, 0.25) is 0 Å². The predicted octanol–water partition coefficient (Wildman–Crippen LogP) is 6.90. The lowest BCUT2D eigenvalue weighted by Gasteiger charge is -2.02. The molecule has 1 rings (SSSR count). The van der Waals surface area contributed by atoms with Crippen LogP contribution in [-0.4, -0.2) is 18.4 Å². The number of esters is 1. The highest BCUT2D eigenvalue weighted by atomic mass is 16.5. The zero-order chi connectivity index (χ0) is 21.0. The Morgan fingerprint density at radius 2 is 1.31 bits per heavy atom. The van der Waals surface area contributed by atoms with E-state index in [0.717, 1.165) is 12.8 Å². The van der Waals surface area contributed by atoms with Gasteiger partial charge in [-0.2, -0.15) is 0 Å². The fraction of sp³-hybridized carbons (Fsp3) is 0.615. The van der Waals surface area contributed by atoms with E-state index in [1.807, 2.05) is 6.07 Å². The Hall–Kier alpha value is -2.08. The first-order valence-corrected chi connectivity index (χ1v) is 11.4. The van der Waals surface area contributed by atoms with Gasteiger partial charge in [0.05, 0.1) is 0 Å². The average molecular weight is 399 g/mol. The van der Waals surface area contributed by atoms with Crippen LogP contribution in [0.1, 0.15) is 107 Å². The molecular weight excluding hydrogens is 360 g/mol. The molecule has 1 aromatic rings. The van der Waals surface area contributed by atoms with Crippen molar-refractivity contribution in [3.8, 4) is 11.8 Å². The van der Waals surface area contributed by atoms with Crippen molar-refractivity contribution in [3.05, 3.63) is 35.9 Å². The van der Waals surface area contributed by atoms with Crippen LogP contribution < -0.4 is 0 Å². The molecular formula is C26H38O3. The number of ketones is 1. The number of unbranched alkanes of at least 4 members (excludes halogenated alkanes) is 12. The Morgan fingerprint density at radius 1 is 0.759 bits per heavy atom. The molecule has 0 aromatic heterocycles. The summed E-state index contributed by atoms with van der Waals surface area (Å²) in [6.45, 7) is 2.04. The van der Waals surface area contributed by atoms with Crippen LogP contribution in [0, 0.1) is 11.8 Å². The molecule has 0 amide bonds. The molecule has 0 aliphatic rings. The fourth-order valence-corrected chi connectivity index (χ4v) is 3.18. The number of carbonyl (C=O) groups is 2. The van der Waals surface area contributed by atoms with E-state index in [0.29, 0.717) is 5.56 Å². The molecule has 0 fully saturated rings. The Morgan fingerprint density at radius 3 is 1.90 bits per heavy atom. The smallest absolute Gasteiger partial charge is 0.318 e. The summed E-state index contributed by atoms with van der Waals surface area (Å²) < 4.78 is 4.99. The summed E-state index contributed by atoms with van der Waals surface area (Å²) in [4.78, 5) is 23.5. The van der Waals surface area contributed by atoms with Crippen molar-refractivity contribution >= 4 is 11.8 Å². The SMILES string of the molecule is CCCCCCCCCCCCCCC#CCC(=O)OCC(=O)c1ccccc1. The van der Waals surface area contributed by atoms with Gasteiger partial charge in [-0.25, -0.2) is 0 Å². The molecule has 0 bridgehead atoms. The van der Waals surface area contributed by atoms with Gasteiger partial charge in [0.25, 0.3) is 0 Å². The van der Waals surface area contributed by atoms with Gasteiger partial charge in [-0.05, 0) is 6.42 Å². The maximum absolute atomic E-state index is 11.8. The highest BCUT2D eigenvalue weighted by Crippen LogP contribution is 2.12. The highest BCUT2D eigenvalue weighted by molar-refractivity contribution is 5.97. The van der Waals surface area contributed by atoms with Crippen molar-refractivity contribution in [2.45, 2.75) is 96.8 Å². The molecule has 1 aromatic carbocycles. The number of benzene rings is 1. The van der Waals surface area contributed by atoms with Gasteiger partial charge in [0.1, 0.15) is 6.42 Å². The third-order valence-corrected chi connectivity index (χ3v) is 4.97. The first-order valence-electron chi connectivity index (χ1n) is 11.4. The number of Topliss-reactive ketones (excluding diaryl/α,β-unsaturated/α-hetero) is 1. The first-order chi connectivity index (χ1) is 14.2. The molecule has 29 heavy (non-hydrogen) atoms. The summed E-state index contributed by atoms with van der Waals surface area (Å²) in [5, 5.41) is 0. The molecule has 0 radical (unpaired) electrons. The average Bonchev–Trinajstić information content (AvgIpc) is 2.75. The molecule has 0 spiro atoms. The second-order valence-corrected chi connectivity index (χ2v) is 7.62. The van der Waals surface area contributed by atoms with Gasteiger partial charge >= 0.3 is 5.97 Å². The molecule has 3 nitrogen and oxygen atoms in total. The van der Waals surface area contributed by atoms with Crippen molar-refractivity contribution in [1.82, 2.24) is 0 Å². The molecule has 0 unspecified atom stereocenters. The number of hydrogen-bond acceptors (Lipinski definition) is 3. The van der Waals surface area contributed by atoms with Crippen molar-refractivity contribution in [1.29, 1.82) is 0 Å². The van der Waals surface area contributed by atoms with E-state index < -0.39 is 5.97 Å². The van der Waals surface area contributed by atoms with Crippen LogP contribution in [0.5, 0.6) is 0 Å². The van der Waals surface area contributed by atoms with Gasteiger partial charge in [0, 0.05) is 12.0 Å². The van der Waals surface area contributed by atoms with Crippen LogP contribution in [0.25, 0.3) is 0 Å². The van der Waals surface area contributed by atoms with E-state index in [-0.39, 0.29) is 18.8 Å². The number of rotatable bonds is 16. The molecule has 0 saturated carbocycles. The number of hydrogen-bond donors (Lipinski definition) is 0. The predicted molar refractivity (Wildman–Crippen MR) is 120 cm³/mol. The Balaban J connectivity index is 1.91. The lowest BCUT2D eigenvalue weighted by molar-refractivity contribution is -0.141. The summed E-state index contributed by atoms with van der Waals surface area (Å²) in [6.07, 6.45) is 16.8. The number of ether oxygens (including phenoxy) is 1. The largest absolute Gasteiger partial charge is 0.457 e. The molecule has 0 atom stereocenters. The normalized spacial score (nSPS) is 10.2. The van der Waals surface area contributed by atoms with Crippen molar-refractivity contribution in [2.75, 3.05) is 6.61 Å². The Kier molecular flexibility index (Phi) is 15.5. The number of carbonyl (C=O) groups excluding carboxylic acids is 2. The molecule has 0 heterocycles. The van der Waals surface area contributed by atoms with Crippen molar-refractivity contribution in [3.63, 3.8) is 0 Å². The van der Waals surface area contributed by atoms with Crippen LogP contribution >= 0.6 is 0 Å². The van der Waals surface area contributed by atoms with E-state index in [1.54, 1.807) is 24.3 Å². The lowest BCUT2D eigenvalue weighted by Crippen LogP contribution is -2.13. The molecule has 0 N–H and O–H groups in total. The maximum Gasteiger partial charge on any atom is 0.318 e. The topological polar surface area (TPSA) is 43.4 Å². The summed E-state index contributed by atoms with van der Waals surface area (Å²) in [5.41, 5.74) is 0.554.